The summed E-state index contributed by atoms with van der Waals surface area (Å²) in [4.78, 5) is 0. The van der Waals surface area contributed by atoms with Crippen LogP contribution in [0.1, 0.15) is 30.9 Å². The Balaban J connectivity index is 1.92. The van der Waals surface area contributed by atoms with Crippen molar-refractivity contribution in [1.29, 1.82) is 5.26 Å². The highest BCUT2D eigenvalue weighted by molar-refractivity contribution is 6.33. The summed E-state index contributed by atoms with van der Waals surface area (Å²) in [5, 5.41) is 21.2. The number of aromatic nitrogens is 2. The summed E-state index contributed by atoms with van der Waals surface area (Å²) in [5.74, 6) is 0.837. The first-order valence-corrected chi connectivity index (χ1v) is 8.59. The Labute approximate surface area is 156 Å². The minimum absolute atomic E-state index is 0.383. The van der Waals surface area contributed by atoms with E-state index < -0.39 is 0 Å². The molecule has 3 rings (SSSR count). The van der Waals surface area contributed by atoms with E-state index in [-0.39, 0.29) is 0 Å². The Morgan fingerprint density at radius 1 is 1.23 bits per heavy atom. The molecule has 3 aromatic rings. The number of nitrogens with one attached hydrogen (secondary N) is 1. The lowest BCUT2D eigenvalue weighted by molar-refractivity contribution is 0.553. The zero-order valence-corrected chi connectivity index (χ0v) is 15.2. The van der Waals surface area contributed by atoms with Gasteiger partial charge in [0.25, 0.3) is 5.89 Å². The van der Waals surface area contributed by atoms with Crippen molar-refractivity contribution in [2.75, 3.05) is 5.32 Å². The highest BCUT2D eigenvalue weighted by atomic mass is 35.5. The standard InChI is InChI=1S/C20H17ClN4O/c1-3-15-17(11-10-14(12-22)18(15)21)23-16(4-2)20-25-24-19(26-20)13-8-6-5-7-9-13/h4-11,23H,3H2,1-2H3/b16-4+. The Kier molecular flexibility index (Phi) is 5.35. The van der Waals surface area contributed by atoms with Gasteiger partial charge in [0, 0.05) is 11.3 Å². The first-order chi connectivity index (χ1) is 12.7. The van der Waals surface area contributed by atoms with Gasteiger partial charge in [-0.2, -0.15) is 5.26 Å². The number of hydrogen-bond donors (Lipinski definition) is 1. The molecule has 0 spiro atoms. The molecule has 2 aromatic carbocycles. The van der Waals surface area contributed by atoms with Crippen molar-refractivity contribution in [3.05, 3.63) is 70.6 Å². The predicted molar refractivity (Wildman–Crippen MR) is 103 cm³/mol. The Bertz CT molecular complexity index is 987. The van der Waals surface area contributed by atoms with Crippen LogP contribution >= 0.6 is 11.6 Å². The average Bonchev–Trinajstić information content (AvgIpc) is 3.17. The maximum Gasteiger partial charge on any atom is 0.264 e. The lowest BCUT2D eigenvalue weighted by atomic mass is 10.1. The SMILES string of the molecule is C/C=C(/Nc1ccc(C#N)c(Cl)c1CC)c1nnc(-c2ccccc2)o1. The smallest absolute Gasteiger partial charge is 0.264 e. The Morgan fingerprint density at radius 3 is 2.65 bits per heavy atom. The maximum absolute atomic E-state index is 9.15. The van der Waals surface area contributed by atoms with E-state index in [1.165, 1.54) is 0 Å². The molecule has 0 amide bonds. The van der Waals surface area contributed by atoms with Crippen LogP contribution in [0.4, 0.5) is 5.69 Å². The molecule has 0 atom stereocenters. The van der Waals surface area contributed by atoms with Crippen LogP contribution in [0.2, 0.25) is 5.02 Å². The normalized spacial score (nSPS) is 11.2. The van der Waals surface area contributed by atoms with E-state index in [0.717, 1.165) is 16.8 Å². The number of allylic oxidation sites excluding steroid dienone is 1. The molecular formula is C20H17ClN4O. The maximum atomic E-state index is 9.15. The number of rotatable bonds is 5. The second kappa shape index (κ2) is 7.85. The van der Waals surface area contributed by atoms with Crippen molar-refractivity contribution < 1.29 is 4.42 Å². The molecule has 1 N–H and O–H groups in total. The fourth-order valence-electron chi connectivity index (χ4n) is 2.59. The molecule has 0 fully saturated rings. The molecule has 0 aliphatic heterocycles. The lowest BCUT2D eigenvalue weighted by Gasteiger charge is -2.14. The third-order valence-electron chi connectivity index (χ3n) is 3.95. The summed E-state index contributed by atoms with van der Waals surface area (Å²) in [7, 11) is 0. The number of nitrogens with zero attached hydrogens (tertiary/aromatic N) is 3. The van der Waals surface area contributed by atoms with E-state index in [9.17, 15) is 0 Å². The van der Waals surface area contributed by atoms with Crippen molar-refractivity contribution in [1.82, 2.24) is 10.2 Å². The zero-order valence-electron chi connectivity index (χ0n) is 14.5. The minimum Gasteiger partial charge on any atom is -0.415 e. The monoisotopic (exact) mass is 364 g/mol. The van der Waals surface area contributed by atoms with Crippen LogP contribution in [-0.4, -0.2) is 10.2 Å². The summed E-state index contributed by atoms with van der Waals surface area (Å²) >= 11 is 6.34. The summed E-state index contributed by atoms with van der Waals surface area (Å²) in [5.41, 5.74) is 3.67. The van der Waals surface area contributed by atoms with Gasteiger partial charge in [-0.1, -0.05) is 42.8 Å². The largest absolute Gasteiger partial charge is 0.415 e. The fourth-order valence-corrected chi connectivity index (χ4v) is 2.93. The van der Waals surface area contributed by atoms with Crippen LogP contribution in [0.15, 0.2) is 53.0 Å². The van der Waals surface area contributed by atoms with Gasteiger partial charge in [-0.25, -0.2) is 0 Å². The van der Waals surface area contributed by atoms with Crippen molar-refractivity contribution in [2.24, 2.45) is 0 Å². The van der Waals surface area contributed by atoms with Crippen LogP contribution in [0.5, 0.6) is 0 Å². The molecule has 0 aliphatic carbocycles. The van der Waals surface area contributed by atoms with Gasteiger partial charge in [0.1, 0.15) is 6.07 Å². The zero-order chi connectivity index (χ0) is 18.5. The van der Waals surface area contributed by atoms with Crippen LogP contribution in [-0.2, 0) is 6.42 Å². The number of hydrogen-bond acceptors (Lipinski definition) is 5. The van der Waals surface area contributed by atoms with Crippen molar-refractivity contribution in [3.8, 4) is 17.5 Å². The van der Waals surface area contributed by atoms with Gasteiger partial charge < -0.3 is 9.73 Å². The average molecular weight is 365 g/mol. The summed E-state index contributed by atoms with van der Waals surface area (Å²) < 4.78 is 5.81. The van der Waals surface area contributed by atoms with Crippen LogP contribution in [0.25, 0.3) is 17.2 Å². The quantitative estimate of drug-likeness (QED) is 0.665. The summed E-state index contributed by atoms with van der Waals surface area (Å²) in [6.07, 6.45) is 2.54. The van der Waals surface area contributed by atoms with E-state index in [2.05, 4.69) is 21.6 Å². The van der Waals surface area contributed by atoms with E-state index in [1.54, 1.807) is 6.07 Å². The molecule has 0 bridgehead atoms. The predicted octanol–water partition coefficient (Wildman–Crippen LogP) is 5.30. The van der Waals surface area contributed by atoms with E-state index >= 15 is 0 Å². The van der Waals surface area contributed by atoms with E-state index in [1.807, 2.05) is 56.3 Å². The van der Waals surface area contributed by atoms with Gasteiger partial charge in [-0.3, -0.25) is 0 Å². The first kappa shape index (κ1) is 17.7. The van der Waals surface area contributed by atoms with Crippen molar-refractivity contribution in [2.45, 2.75) is 20.3 Å². The highest BCUT2D eigenvalue weighted by Gasteiger charge is 2.15. The number of benzene rings is 2. The lowest BCUT2D eigenvalue weighted by Crippen LogP contribution is -2.03. The molecule has 5 nitrogen and oxygen atoms in total. The second-order valence-electron chi connectivity index (χ2n) is 5.52. The molecule has 1 heterocycles. The number of halogens is 1. The molecule has 0 saturated heterocycles. The van der Waals surface area contributed by atoms with Crippen LogP contribution in [0.3, 0.4) is 0 Å². The number of anilines is 1. The van der Waals surface area contributed by atoms with Gasteiger partial charge in [0.15, 0.2) is 0 Å². The summed E-state index contributed by atoms with van der Waals surface area (Å²) in [6, 6.07) is 15.2. The third kappa shape index (κ3) is 3.46. The van der Waals surface area contributed by atoms with Gasteiger partial charge in [-0.05, 0) is 43.2 Å². The molecule has 1 aromatic heterocycles. The fraction of sp³-hybridized carbons (Fsp3) is 0.150. The second-order valence-corrected chi connectivity index (χ2v) is 5.90. The summed E-state index contributed by atoms with van der Waals surface area (Å²) in [6.45, 7) is 3.87. The van der Waals surface area contributed by atoms with Gasteiger partial charge >= 0.3 is 0 Å². The minimum atomic E-state index is 0.383. The molecule has 0 saturated carbocycles. The Hall–Kier alpha value is -3.10. The first-order valence-electron chi connectivity index (χ1n) is 8.22. The highest BCUT2D eigenvalue weighted by Crippen LogP contribution is 2.31. The molecule has 0 aliphatic rings. The van der Waals surface area contributed by atoms with E-state index in [4.69, 9.17) is 21.3 Å². The molecule has 26 heavy (non-hydrogen) atoms. The van der Waals surface area contributed by atoms with Crippen LogP contribution < -0.4 is 5.32 Å². The molecular weight excluding hydrogens is 348 g/mol. The van der Waals surface area contributed by atoms with Crippen molar-refractivity contribution in [3.63, 3.8) is 0 Å². The number of nitriles is 1. The van der Waals surface area contributed by atoms with Gasteiger partial charge in [-0.15, -0.1) is 10.2 Å². The molecule has 130 valence electrons. The van der Waals surface area contributed by atoms with Crippen LogP contribution in [0, 0.1) is 11.3 Å². The van der Waals surface area contributed by atoms with E-state index in [0.29, 0.717) is 34.5 Å². The van der Waals surface area contributed by atoms with Gasteiger partial charge in [0.2, 0.25) is 5.89 Å². The molecule has 0 radical (unpaired) electrons. The Morgan fingerprint density at radius 2 is 2.00 bits per heavy atom. The van der Waals surface area contributed by atoms with Gasteiger partial charge in [0.05, 0.1) is 16.3 Å². The molecule has 0 unspecified atom stereocenters. The molecule has 6 heteroatoms. The third-order valence-corrected chi connectivity index (χ3v) is 4.38. The van der Waals surface area contributed by atoms with Crippen molar-refractivity contribution >= 4 is 23.0 Å². The topological polar surface area (TPSA) is 74.7 Å².